The van der Waals surface area contributed by atoms with Gasteiger partial charge >= 0.3 is 0 Å². The zero-order chi connectivity index (χ0) is 15.7. The van der Waals surface area contributed by atoms with Crippen LogP contribution in [0, 0.1) is 0 Å². The third-order valence-corrected chi connectivity index (χ3v) is 3.11. The largest absolute Gasteiger partial charge is 0.382 e. The number of hydrazone groups is 1. The summed E-state index contributed by atoms with van der Waals surface area (Å²) in [5, 5.41) is 4.81. The van der Waals surface area contributed by atoms with Gasteiger partial charge in [-0.15, -0.1) is 0 Å². The maximum atomic E-state index is 5.54. The van der Waals surface area contributed by atoms with E-state index in [1.807, 2.05) is 33.2 Å². The summed E-state index contributed by atoms with van der Waals surface area (Å²) in [7, 11) is 5.36. The molecule has 0 aliphatic rings. The molecule has 6 nitrogen and oxygen atoms in total. The molecule has 0 aliphatic carbocycles. The highest BCUT2D eigenvalue weighted by Crippen LogP contribution is 2.08. The SMILES string of the molecule is COCCOCc1cccnc1C(C)=NNC(=S)N(C)C. The third-order valence-electron chi connectivity index (χ3n) is 2.65. The molecule has 0 saturated heterocycles. The van der Waals surface area contributed by atoms with Gasteiger partial charge in [0.2, 0.25) is 0 Å². The van der Waals surface area contributed by atoms with E-state index in [-0.39, 0.29) is 0 Å². The zero-order valence-corrected chi connectivity index (χ0v) is 13.7. The fourth-order valence-electron chi connectivity index (χ4n) is 1.49. The van der Waals surface area contributed by atoms with E-state index in [1.165, 1.54) is 0 Å². The smallest absolute Gasteiger partial charge is 0.189 e. The maximum absolute atomic E-state index is 5.54. The number of hydrogen-bond donors (Lipinski definition) is 1. The lowest BCUT2D eigenvalue weighted by atomic mass is 10.1. The van der Waals surface area contributed by atoms with Crippen molar-refractivity contribution < 1.29 is 9.47 Å². The Bertz CT molecular complexity index is 492. The average molecular weight is 310 g/mol. The molecule has 1 heterocycles. The molecule has 0 bridgehead atoms. The van der Waals surface area contributed by atoms with Crippen LogP contribution in [0.25, 0.3) is 0 Å². The van der Waals surface area contributed by atoms with Gasteiger partial charge in [-0.05, 0) is 25.2 Å². The van der Waals surface area contributed by atoms with Crippen LogP contribution in [0.15, 0.2) is 23.4 Å². The van der Waals surface area contributed by atoms with Crippen molar-refractivity contribution in [1.29, 1.82) is 0 Å². The Balaban J connectivity index is 2.72. The van der Waals surface area contributed by atoms with E-state index in [9.17, 15) is 0 Å². The monoisotopic (exact) mass is 310 g/mol. The highest BCUT2D eigenvalue weighted by Gasteiger charge is 2.07. The maximum Gasteiger partial charge on any atom is 0.189 e. The average Bonchev–Trinajstić information content (AvgIpc) is 2.49. The molecule has 0 atom stereocenters. The van der Waals surface area contributed by atoms with E-state index >= 15 is 0 Å². The second-order valence-electron chi connectivity index (χ2n) is 4.57. The van der Waals surface area contributed by atoms with Gasteiger partial charge in [0.25, 0.3) is 0 Å². The van der Waals surface area contributed by atoms with E-state index in [0.717, 1.165) is 17.0 Å². The predicted molar refractivity (Wildman–Crippen MR) is 87.4 cm³/mol. The standard InChI is InChI=1S/C14H22N4O2S/c1-11(16-17-14(21)18(2)3)13-12(6-5-7-15-13)10-20-9-8-19-4/h5-7H,8-10H2,1-4H3,(H,17,21). The first-order chi connectivity index (χ1) is 10.1. The lowest BCUT2D eigenvalue weighted by Gasteiger charge is -2.13. The minimum absolute atomic E-state index is 0.470. The molecule has 116 valence electrons. The Morgan fingerprint density at radius 3 is 2.86 bits per heavy atom. The number of nitrogens with zero attached hydrogens (tertiary/aromatic N) is 3. The molecule has 0 radical (unpaired) electrons. The fourth-order valence-corrected chi connectivity index (χ4v) is 1.54. The second kappa shape index (κ2) is 9.38. The van der Waals surface area contributed by atoms with E-state index in [1.54, 1.807) is 18.2 Å². The molecular formula is C14H22N4O2S. The zero-order valence-electron chi connectivity index (χ0n) is 12.9. The summed E-state index contributed by atoms with van der Waals surface area (Å²) in [4.78, 5) is 6.14. The van der Waals surface area contributed by atoms with Gasteiger partial charge in [-0.1, -0.05) is 6.07 Å². The van der Waals surface area contributed by atoms with Crippen LogP contribution in [0.3, 0.4) is 0 Å². The van der Waals surface area contributed by atoms with E-state index in [2.05, 4.69) is 15.5 Å². The molecule has 7 heteroatoms. The Hall–Kier alpha value is -1.57. The van der Waals surface area contributed by atoms with Gasteiger partial charge in [-0.3, -0.25) is 10.4 Å². The van der Waals surface area contributed by atoms with Crippen molar-refractivity contribution in [2.75, 3.05) is 34.4 Å². The van der Waals surface area contributed by atoms with Crippen molar-refractivity contribution in [3.05, 3.63) is 29.6 Å². The fraction of sp³-hybridized carbons (Fsp3) is 0.500. The number of rotatable bonds is 7. The number of methoxy groups -OCH3 is 1. The third kappa shape index (κ3) is 6.16. The van der Waals surface area contributed by atoms with Crippen molar-refractivity contribution in [3.8, 4) is 0 Å². The number of hydrogen-bond acceptors (Lipinski definition) is 5. The van der Waals surface area contributed by atoms with Crippen LogP contribution in [-0.2, 0) is 16.1 Å². The molecule has 0 fully saturated rings. The molecule has 0 amide bonds. The number of thiocarbonyl (C=S) groups is 1. The van der Waals surface area contributed by atoms with Crippen LogP contribution in [0.4, 0.5) is 0 Å². The van der Waals surface area contributed by atoms with Gasteiger partial charge < -0.3 is 14.4 Å². The van der Waals surface area contributed by atoms with Crippen LogP contribution in [0.2, 0.25) is 0 Å². The Kier molecular flexibility index (Phi) is 7.81. The van der Waals surface area contributed by atoms with Crippen molar-refractivity contribution in [1.82, 2.24) is 15.3 Å². The lowest BCUT2D eigenvalue weighted by molar-refractivity contribution is 0.0615. The van der Waals surface area contributed by atoms with Gasteiger partial charge in [0.1, 0.15) is 0 Å². The molecule has 1 aromatic rings. The first-order valence-electron chi connectivity index (χ1n) is 6.58. The Morgan fingerprint density at radius 1 is 1.43 bits per heavy atom. The number of aromatic nitrogens is 1. The quantitative estimate of drug-likeness (QED) is 0.356. The van der Waals surface area contributed by atoms with Crippen molar-refractivity contribution in [2.24, 2.45) is 5.10 Å². The van der Waals surface area contributed by atoms with Gasteiger partial charge in [-0.25, -0.2) is 0 Å². The minimum Gasteiger partial charge on any atom is -0.382 e. The minimum atomic E-state index is 0.470. The summed E-state index contributed by atoms with van der Waals surface area (Å²) in [6.45, 7) is 3.47. The molecule has 0 spiro atoms. The predicted octanol–water partition coefficient (Wildman–Crippen LogP) is 1.40. The molecule has 0 unspecified atom stereocenters. The molecule has 21 heavy (non-hydrogen) atoms. The Morgan fingerprint density at radius 2 is 2.19 bits per heavy atom. The highest BCUT2D eigenvalue weighted by molar-refractivity contribution is 7.80. The van der Waals surface area contributed by atoms with E-state index in [0.29, 0.717) is 24.9 Å². The molecule has 0 saturated carbocycles. The highest BCUT2D eigenvalue weighted by atomic mass is 32.1. The summed E-state index contributed by atoms with van der Waals surface area (Å²) in [6.07, 6.45) is 1.73. The first-order valence-corrected chi connectivity index (χ1v) is 6.99. The van der Waals surface area contributed by atoms with Crippen molar-refractivity contribution >= 4 is 23.0 Å². The van der Waals surface area contributed by atoms with Crippen molar-refractivity contribution in [2.45, 2.75) is 13.5 Å². The summed E-state index contributed by atoms with van der Waals surface area (Å²) in [6, 6.07) is 3.85. The first kappa shape index (κ1) is 17.5. The van der Waals surface area contributed by atoms with Gasteiger partial charge in [-0.2, -0.15) is 5.10 Å². The molecular weight excluding hydrogens is 288 g/mol. The Labute approximate surface area is 131 Å². The second-order valence-corrected chi connectivity index (χ2v) is 4.95. The van der Waals surface area contributed by atoms with Crippen LogP contribution in [0.1, 0.15) is 18.2 Å². The van der Waals surface area contributed by atoms with Gasteiger partial charge in [0.05, 0.1) is 31.2 Å². The van der Waals surface area contributed by atoms with Crippen LogP contribution < -0.4 is 5.43 Å². The lowest BCUT2D eigenvalue weighted by Crippen LogP contribution is -2.31. The summed E-state index contributed by atoms with van der Waals surface area (Å²) in [5.74, 6) is 0. The normalized spacial score (nSPS) is 11.3. The molecule has 0 aromatic carbocycles. The molecule has 1 rings (SSSR count). The number of pyridine rings is 1. The summed E-state index contributed by atoms with van der Waals surface area (Å²) < 4.78 is 10.5. The molecule has 1 N–H and O–H groups in total. The van der Waals surface area contributed by atoms with Crippen LogP contribution >= 0.6 is 12.2 Å². The summed E-state index contributed by atoms with van der Waals surface area (Å²) >= 11 is 5.13. The van der Waals surface area contributed by atoms with Crippen molar-refractivity contribution in [3.63, 3.8) is 0 Å². The number of ether oxygens (including phenoxy) is 2. The number of nitrogens with one attached hydrogen (secondary N) is 1. The topological polar surface area (TPSA) is 59.0 Å². The van der Waals surface area contributed by atoms with E-state index in [4.69, 9.17) is 21.7 Å². The van der Waals surface area contributed by atoms with Gasteiger partial charge in [0, 0.05) is 33.0 Å². The van der Waals surface area contributed by atoms with Crippen LogP contribution in [0.5, 0.6) is 0 Å². The van der Waals surface area contributed by atoms with E-state index < -0.39 is 0 Å². The molecule has 1 aromatic heterocycles. The summed E-state index contributed by atoms with van der Waals surface area (Å²) in [5.41, 5.74) is 5.36. The van der Waals surface area contributed by atoms with Gasteiger partial charge in [0.15, 0.2) is 5.11 Å². The molecule has 0 aliphatic heterocycles. The van der Waals surface area contributed by atoms with Crippen LogP contribution in [-0.4, -0.2) is 55.1 Å².